The second-order valence-corrected chi connectivity index (χ2v) is 14.3. The summed E-state index contributed by atoms with van der Waals surface area (Å²) < 4.78 is 38.5. The molecule has 10 rings (SSSR count). The molecule has 0 N–H and O–H groups in total. The van der Waals surface area contributed by atoms with E-state index in [2.05, 4.69) is 97.1 Å². The second-order valence-electron chi connectivity index (χ2n) is 12.1. The molecule has 50 heavy (non-hydrogen) atoms. The third-order valence-corrected chi connectivity index (χ3v) is 11.4. The Morgan fingerprint density at radius 1 is 0.320 bits per heavy atom. The molecule has 0 aliphatic carbocycles. The molecule has 0 fully saturated rings. The van der Waals surface area contributed by atoms with E-state index >= 15 is 0 Å². The molecule has 0 spiro atoms. The van der Waals surface area contributed by atoms with Crippen LogP contribution < -0.4 is 9.05 Å². The molecule has 0 aliphatic heterocycles. The average molecular weight is 691 g/mol. The van der Waals surface area contributed by atoms with Crippen molar-refractivity contribution in [3.8, 4) is 0 Å². The monoisotopic (exact) mass is 690 g/mol. The van der Waals surface area contributed by atoms with Gasteiger partial charge in [0, 0.05) is 21.5 Å². The van der Waals surface area contributed by atoms with Crippen molar-refractivity contribution in [2.75, 3.05) is 13.2 Å². The van der Waals surface area contributed by atoms with Crippen molar-refractivity contribution in [3.63, 3.8) is 0 Å². The summed E-state index contributed by atoms with van der Waals surface area (Å²) in [5.41, 5.74) is 2.88. The summed E-state index contributed by atoms with van der Waals surface area (Å²) in [7, 11) is -3.59. The maximum Gasteiger partial charge on any atom is 0.387 e. The summed E-state index contributed by atoms with van der Waals surface area (Å²) in [5, 5.41) is 12.9. The van der Waals surface area contributed by atoms with E-state index in [1.54, 1.807) is 0 Å². The molecule has 0 amide bonds. The molecule has 6 nitrogen and oxygen atoms in total. The molecule has 0 aliphatic rings. The van der Waals surface area contributed by atoms with Gasteiger partial charge in [-0.15, -0.1) is 0 Å². The van der Waals surface area contributed by atoms with E-state index in [4.69, 9.17) is 25.8 Å². The van der Waals surface area contributed by atoms with Crippen molar-refractivity contribution < 1.29 is 25.8 Å². The molecule has 242 valence electrons. The molecule has 0 saturated carbocycles. The van der Waals surface area contributed by atoms with E-state index < -0.39 is 16.5 Å². The van der Waals surface area contributed by atoms with Gasteiger partial charge >= 0.3 is 16.5 Å². The van der Waals surface area contributed by atoms with Gasteiger partial charge in [-0.05, 0) is 67.4 Å². The molecule has 2 heterocycles. The fourth-order valence-corrected chi connectivity index (χ4v) is 9.01. The average Bonchev–Trinajstić information content (AvgIpc) is 3.44. The van der Waals surface area contributed by atoms with Crippen LogP contribution in [0.2, 0.25) is 0 Å². The lowest BCUT2D eigenvalue weighted by Crippen LogP contribution is -2.05. The highest BCUT2D eigenvalue weighted by molar-refractivity contribution is 7.32. The van der Waals surface area contributed by atoms with Crippen LogP contribution in [0, 0.1) is 0 Å². The van der Waals surface area contributed by atoms with Gasteiger partial charge in [-0.1, -0.05) is 121 Å². The molecule has 2 aromatic heterocycles. The first-order valence-electron chi connectivity index (χ1n) is 16.4. The first kappa shape index (κ1) is 29.4. The summed E-state index contributed by atoms with van der Waals surface area (Å²) in [6, 6.07) is 49.7. The van der Waals surface area contributed by atoms with Crippen molar-refractivity contribution in [2.24, 2.45) is 0 Å². The first-order chi connectivity index (χ1) is 24.8. The van der Waals surface area contributed by atoms with E-state index in [0.717, 1.165) is 87.0 Å². The Bertz CT molecular complexity index is 2620. The SMILES string of the molecule is c1ccc2c(c1)ccc1op(OCCOp3oc4ccc5ccccc5c4c4c(ccc5ccccc54)o3)oc3ccc4ccccc4c3c12. The van der Waals surface area contributed by atoms with Gasteiger partial charge in [0.05, 0.1) is 13.2 Å². The van der Waals surface area contributed by atoms with Crippen LogP contribution >= 0.6 is 16.5 Å². The first-order valence-corrected chi connectivity index (χ1v) is 18.6. The number of benzene rings is 8. The van der Waals surface area contributed by atoms with Crippen molar-refractivity contribution >= 4 is 103 Å². The lowest BCUT2D eigenvalue weighted by Gasteiger charge is -2.05. The van der Waals surface area contributed by atoms with Crippen LogP contribution in [0.1, 0.15) is 0 Å². The smallest absolute Gasteiger partial charge is 0.387 e. The van der Waals surface area contributed by atoms with Crippen molar-refractivity contribution in [1.29, 1.82) is 0 Å². The van der Waals surface area contributed by atoms with Gasteiger partial charge in [0.25, 0.3) is 0 Å². The maximum atomic E-state index is 6.49. The van der Waals surface area contributed by atoms with Crippen LogP contribution in [0.4, 0.5) is 0 Å². The minimum Gasteiger partial charge on any atom is -0.399 e. The quantitative estimate of drug-likeness (QED) is 0.167. The Morgan fingerprint density at radius 3 is 0.860 bits per heavy atom. The van der Waals surface area contributed by atoms with E-state index in [-0.39, 0.29) is 13.2 Å². The molecule has 0 saturated heterocycles. The van der Waals surface area contributed by atoms with Crippen molar-refractivity contribution in [3.05, 3.63) is 146 Å². The Balaban J connectivity index is 1.05. The number of hydrogen-bond donors (Lipinski definition) is 0. The zero-order valence-electron chi connectivity index (χ0n) is 26.6. The molecule has 8 heteroatoms. The highest BCUT2D eigenvalue weighted by atomic mass is 31.1. The molecule has 0 atom stereocenters. The summed E-state index contributed by atoms with van der Waals surface area (Å²) in [4.78, 5) is 0. The lowest BCUT2D eigenvalue weighted by atomic mass is 9.99. The van der Waals surface area contributed by atoms with E-state index in [9.17, 15) is 0 Å². The highest BCUT2D eigenvalue weighted by Crippen LogP contribution is 2.42. The minimum absolute atomic E-state index is 0.207. The third kappa shape index (κ3) is 4.96. The molecule has 0 bridgehead atoms. The molecule has 0 radical (unpaired) electrons. The molecule has 0 unspecified atom stereocenters. The van der Waals surface area contributed by atoms with Gasteiger partial charge in [-0.3, -0.25) is 9.05 Å². The van der Waals surface area contributed by atoms with E-state index in [1.165, 1.54) is 0 Å². The van der Waals surface area contributed by atoms with Gasteiger partial charge in [-0.2, -0.15) is 0 Å². The van der Waals surface area contributed by atoms with Crippen molar-refractivity contribution in [2.45, 2.75) is 0 Å². The molecular weight excluding hydrogens is 662 g/mol. The van der Waals surface area contributed by atoms with Crippen LogP contribution in [0.3, 0.4) is 0 Å². The standard InChI is InChI=1S/C42H28O6P2/c1-5-13-31-27(9-1)17-21-35-39(31)40-32-14-6-2-10-28(32)18-22-36(40)46-49(45-35)43-25-26-44-50-47-37-23-19-29-11-3-7-15-33(29)41(37)42-34-16-8-4-12-30(34)20-24-38(42)48-50/h1-24H,25-26H2. The Kier molecular flexibility index (Phi) is 7.14. The highest BCUT2D eigenvalue weighted by Gasteiger charge is 2.15. The van der Waals surface area contributed by atoms with Crippen LogP contribution in [-0.4, -0.2) is 13.2 Å². The van der Waals surface area contributed by atoms with Crippen molar-refractivity contribution in [1.82, 2.24) is 0 Å². The largest absolute Gasteiger partial charge is 0.399 e. The van der Waals surface area contributed by atoms with Gasteiger partial charge < -0.3 is 16.8 Å². The van der Waals surface area contributed by atoms with E-state index in [1.807, 2.05) is 48.5 Å². The summed E-state index contributed by atoms with van der Waals surface area (Å²) in [5.74, 6) is 0. The summed E-state index contributed by atoms with van der Waals surface area (Å²) in [6.07, 6.45) is 0. The zero-order valence-corrected chi connectivity index (χ0v) is 28.4. The van der Waals surface area contributed by atoms with Gasteiger partial charge in [0.15, 0.2) is 0 Å². The second kappa shape index (κ2) is 12.1. The van der Waals surface area contributed by atoms with Gasteiger partial charge in [-0.25, -0.2) is 0 Å². The number of rotatable bonds is 5. The normalized spacial score (nSPS) is 11.9. The molecule has 8 aromatic carbocycles. The predicted molar refractivity (Wildman–Crippen MR) is 206 cm³/mol. The Hall–Kier alpha value is -5.48. The topological polar surface area (TPSA) is 71.0 Å². The number of fused-ring (bicyclic) bond motifs is 14. The fourth-order valence-electron chi connectivity index (χ4n) is 7.03. The van der Waals surface area contributed by atoms with Crippen LogP contribution in [0.5, 0.6) is 0 Å². The minimum atomic E-state index is -1.80. The van der Waals surface area contributed by atoms with Gasteiger partial charge in [0.2, 0.25) is 0 Å². The fraction of sp³-hybridized carbons (Fsp3) is 0.0476. The van der Waals surface area contributed by atoms with Crippen LogP contribution in [-0.2, 0) is 0 Å². The Labute approximate surface area is 287 Å². The summed E-state index contributed by atoms with van der Waals surface area (Å²) in [6.45, 7) is 0.413. The summed E-state index contributed by atoms with van der Waals surface area (Å²) >= 11 is 0. The maximum absolute atomic E-state index is 6.49. The number of hydrogen-bond acceptors (Lipinski definition) is 6. The van der Waals surface area contributed by atoms with Crippen LogP contribution in [0.15, 0.2) is 162 Å². The molecular formula is C42H28O6P2. The third-order valence-electron chi connectivity index (χ3n) is 9.23. The molecule has 10 aromatic rings. The zero-order chi connectivity index (χ0) is 33.0. The predicted octanol–water partition coefficient (Wildman–Crippen LogP) is 13.1. The van der Waals surface area contributed by atoms with E-state index in [0.29, 0.717) is 0 Å². The van der Waals surface area contributed by atoms with Crippen LogP contribution in [0.25, 0.3) is 87.0 Å². The Morgan fingerprint density at radius 2 is 0.580 bits per heavy atom. The lowest BCUT2D eigenvalue weighted by molar-refractivity contribution is 0.281. The van der Waals surface area contributed by atoms with Gasteiger partial charge in [0.1, 0.15) is 22.3 Å².